The number of hydrogen-bond donors (Lipinski definition) is 2. The van der Waals surface area contributed by atoms with E-state index in [0.29, 0.717) is 0 Å². The summed E-state index contributed by atoms with van der Waals surface area (Å²) in [6.45, 7) is 1.84. The monoisotopic (exact) mass is 164 g/mol. The lowest BCUT2D eigenvalue weighted by molar-refractivity contribution is 0.416. The number of hydrogen-bond acceptors (Lipinski definition) is 3. The highest BCUT2D eigenvalue weighted by Gasteiger charge is 2.12. The van der Waals surface area contributed by atoms with E-state index >= 15 is 0 Å². The van der Waals surface area contributed by atoms with Gasteiger partial charge >= 0.3 is 0 Å². The number of rotatable bonds is 1. The molecule has 0 atom stereocenters. The molecule has 0 fully saturated rings. The zero-order valence-corrected chi connectivity index (χ0v) is 7.05. The summed E-state index contributed by atoms with van der Waals surface area (Å²) in [7, 11) is 1.64. The number of ether oxygens (including phenoxy) is 1. The molecule has 0 aromatic heterocycles. The molecule has 0 unspecified atom stereocenters. The van der Waals surface area contributed by atoms with E-state index in [2.05, 4.69) is 5.32 Å². The van der Waals surface area contributed by atoms with Gasteiger partial charge in [0.1, 0.15) is 5.75 Å². The molecule has 0 saturated carbocycles. The SMILES string of the molecule is COc1cc2c(cc1N)CNC2. The second kappa shape index (κ2) is 2.68. The maximum Gasteiger partial charge on any atom is 0.142 e. The molecule has 0 radical (unpaired) electrons. The normalized spacial score (nSPS) is 14.4. The van der Waals surface area contributed by atoms with E-state index in [1.54, 1.807) is 7.11 Å². The summed E-state index contributed by atoms with van der Waals surface area (Å²) in [4.78, 5) is 0. The van der Waals surface area contributed by atoms with Crippen LogP contribution in [0.4, 0.5) is 5.69 Å². The van der Waals surface area contributed by atoms with E-state index in [1.807, 2.05) is 12.1 Å². The molecular formula is C9H12N2O. The molecule has 2 rings (SSSR count). The van der Waals surface area contributed by atoms with E-state index in [9.17, 15) is 0 Å². The molecule has 0 amide bonds. The highest BCUT2D eigenvalue weighted by atomic mass is 16.5. The van der Waals surface area contributed by atoms with Gasteiger partial charge in [0.25, 0.3) is 0 Å². The average Bonchev–Trinajstić information content (AvgIpc) is 2.49. The molecule has 1 aliphatic heterocycles. The molecule has 1 heterocycles. The molecule has 0 bridgehead atoms. The molecular weight excluding hydrogens is 152 g/mol. The Labute approximate surface area is 71.5 Å². The Morgan fingerprint density at radius 3 is 2.67 bits per heavy atom. The van der Waals surface area contributed by atoms with Gasteiger partial charge in [0.2, 0.25) is 0 Å². The highest BCUT2D eigenvalue weighted by Crippen LogP contribution is 2.27. The van der Waals surface area contributed by atoms with E-state index in [4.69, 9.17) is 10.5 Å². The van der Waals surface area contributed by atoms with Gasteiger partial charge in [-0.3, -0.25) is 0 Å². The fourth-order valence-corrected chi connectivity index (χ4v) is 1.52. The van der Waals surface area contributed by atoms with Gasteiger partial charge in [-0.1, -0.05) is 0 Å². The Bertz CT molecular complexity index is 309. The van der Waals surface area contributed by atoms with Crippen molar-refractivity contribution < 1.29 is 4.74 Å². The smallest absolute Gasteiger partial charge is 0.142 e. The lowest BCUT2D eigenvalue weighted by Gasteiger charge is -2.06. The zero-order chi connectivity index (χ0) is 8.55. The average molecular weight is 164 g/mol. The van der Waals surface area contributed by atoms with Gasteiger partial charge in [-0.25, -0.2) is 0 Å². The Morgan fingerprint density at radius 2 is 2.00 bits per heavy atom. The Kier molecular flexibility index (Phi) is 1.66. The first-order valence-electron chi connectivity index (χ1n) is 3.97. The molecule has 0 saturated heterocycles. The molecule has 0 aliphatic carbocycles. The lowest BCUT2D eigenvalue weighted by Crippen LogP contribution is -1.99. The van der Waals surface area contributed by atoms with E-state index in [-0.39, 0.29) is 0 Å². The van der Waals surface area contributed by atoms with E-state index in [0.717, 1.165) is 24.5 Å². The summed E-state index contributed by atoms with van der Waals surface area (Å²) >= 11 is 0. The van der Waals surface area contributed by atoms with Gasteiger partial charge in [0, 0.05) is 13.1 Å². The van der Waals surface area contributed by atoms with Crippen molar-refractivity contribution in [3.8, 4) is 5.75 Å². The van der Waals surface area contributed by atoms with Crippen molar-refractivity contribution in [1.82, 2.24) is 5.32 Å². The van der Waals surface area contributed by atoms with Gasteiger partial charge < -0.3 is 15.8 Å². The summed E-state index contributed by atoms with van der Waals surface area (Å²) in [6, 6.07) is 3.98. The third-order valence-corrected chi connectivity index (χ3v) is 2.18. The van der Waals surface area contributed by atoms with Crippen molar-refractivity contribution in [3.63, 3.8) is 0 Å². The van der Waals surface area contributed by atoms with Crippen LogP contribution >= 0.6 is 0 Å². The Balaban J connectivity index is 2.49. The van der Waals surface area contributed by atoms with Crippen molar-refractivity contribution in [2.45, 2.75) is 13.1 Å². The number of fused-ring (bicyclic) bond motifs is 1. The summed E-state index contributed by atoms with van der Waals surface area (Å²) in [5, 5.41) is 3.26. The maximum atomic E-state index is 5.75. The standard InChI is InChI=1S/C9H12N2O/c1-12-9-3-7-5-11-4-6(7)2-8(9)10/h2-3,11H,4-5,10H2,1H3. The molecule has 12 heavy (non-hydrogen) atoms. The van der Waals surface area contributed by atoms with Crippen molar-refractivity contribution in [1.29, 1.82) is 0 Å². The van der Waals surface area contributed by atoms with Crippen molar-refractivity contribution in [2.75, 3.05) is 12.8 Å². The van der Waals surface area contributed by atoms with Crippen LogP contribution in [0.2, 0.25) is 0 Å². The van der Waals surface area contributed by atoms with Crippen molar-refractivity contribution in [2.24, 2.45) is 0 Å². The summed E-state index contributed by atoms with van der Waals surface area (Å²) in [6.07, 6.45) is 0. The molecule has 0 spiro atoms. The lowest BCUT2D eigenvalue weighted by atomic mass is 10.1. The number of nitrogens with one attached hydrogen (secondary N) is 1. The number of nitrogen functional groups attached to an aromatic ring is 1. The molecule has 1 aromatic carbocycles. The van der Waals surface area contributed by atoms with Crippen LogP contribution in [0.3, 0.4) is 0 Å². The summed E-state index contributed by atoms with van der Waals surface area (Å²) in [5.41, 5.74) is 9.05. The first-order valence-corrected chi connectivity index (χ1v) is 3.97. The molecule has 3 N–H and O–H groups in total. The number of nitrogens with two attached hydrogens (primary N) is 1. The van der Waals surface area contributed by atoms with Crippen LogP contribution < -0.4 is 15.8 Å². The molecule has 64 valence electrons. The topological polar surface area (TPSA) is 47.3 Å². The largest absolute Gasteiger partial charge is 0.495 e. The van der Waals surface area contributed by atoms with Crippen LogP contribution in [-0.2, 0) is 13.1 Å². The quantitative estimate of drug-likeness (QED) is 0.606. The van der Waals surface area contributed by atoms with Crippen LogP contribution in [0.25, 0.3) is 0 Å². The summed E-state index contributed by atoms with van der Waals surface area (Å²) in [5.74, 6) is 0.775. The predicted octanol–water partition coefficient (Wildman–Crippen LogP) is 0.881. The minimum absolute atomic E-state index is 0.722. The third kappa shape index (κ3) is 1.02. The van der Waals surface area contributed by atoms with Crippen LogP contribution in [0.1, 0.15) is 11.1 Å². The number of anilines is 1. The van der Waals surface area contributed by atoms with Crippen molar-refractivity contribution >= 4 is 5.69 Å². The number of benzene rings is 1. The van der Waals surface area contributed by atoms with E-state index in [1.165, 1.54) is 11.1 Å². The van der Waals surface area contributed by atoms with Crippen LogP contribution in [-0.4, -0.2) is 7.11 Å². The zero-order valence-electron chi connectivity index (χ0n) is 7.05. The molecule has 3 heteroatoms. The van der Waals surface area contributed by atoms with Gasteiger partial charge in [-0.2, -0.15) is 0 Å². The van der Waals surface area contributed by atoms with Gasteiger partial charge in [0.15, 0.2) is 0 Å². The minimum atomic E-state index is 0.722. The molecule has 1 aromatic rings. The Hall–Kier alpha value is -1.22. The van der Waals surface area contributed by atoms with Crippen molar-refractivity contribution in [3.05, 3.63) is 23.3 Å². The molecule has 3 nitrogen and oxygen atoms in total. The fourth-order valence-electron chi connectivity index (χ4n) is 1.52. The maximum absolute atomic E-state index is 5.75. The molecule has 1 aliphatic rings. The minimum Gasteiger partial charge on any atom is -0.495 e. The van der Waals surface area contributed by atoms with Gasteiger partial charge in [0.05, 0.1) is 12.8 Å². The first-order chi connectivity index (χ1) is 5.81. The van der Waals surface area contributed by atoms with Crippen LogP contribution in [0.15, 0.2) is 12.1 Å². The Morgan fingerprint density at radius 1 is 1.33 bits per heavy atom. The van der Waals surface area contributed by atoms with E-state index < -0.39 is 0 Å². The van der Waals surface area contributed by atoms with Crippen LogP contribution in [0.5, 0.6) is 5.75 Å². The van der Waals surface area contributed by atoms with Crippen LogP contribution in [0, 0.1) is 0 Å². The second-order valence-electron chi connectivity index (χ2n) is 2.97. The fraction of sp³-hybridized carbons (Fsp3) is 0.333. The van der Waals surface area contributed by atoms with Gasteiger partial charge in [-0.05, 0) is 23.3 Å². The van der Waals surface area contributed by atoms with Gasteiger partial charge in [-0.15, -0.1) is 0 Å². The first kappa shape index (κ1) is 7.43. The second-order valence-corrected chi connectivity index (χ2v) is 2.97. The number of methoxy groups -OCH3 is 1. The summed E-state index contributed by atoms with van der Waals surface area (Å²) < 4.78 is 5.12. The third-order valence-electron chi connectivity index (χ3n) is 2.18. The predicted molar refractivity (Wildman–Crippen MR) is 48.0 cm³/mol. The highest BCUT2D eigenvalue weighted by molar-refractivity contribution is 5.57.